The van der Waals surface area contributed by atoms with Crippen LogP contribution in [0.1, 0.15) is 18.1 Å². The number of hydrogen-bond donors (Lipinski definition) is 0. The molecule has 1 aromatic heterocycles. The molecule has 0 spiro atoms. The van der Waals surface area contributed by atoms with Gasteiger partial charge >= 0.3 is 0 Å². The molecule has 2 nitrogen and oxygen atoms in total. The largest absolute Gasteiger partial charge is 0.293 e. The van der Waals surface area contributed by atoms with Gasteiger partial charge in [-0.05, 0) is 92.5 Å². The molecular weight excluding hydrogens is 520 g/mol. The van der Waals surface area contributed by atoms with Crippen molar-refractivity contribution in [1.29, 1.82) is 0 Å². The highest BCUT2D eigenvalue weighted by Crippen LogP contribution is 2.48. The average Bonchev–Trinajstić information content (AvgIpc) is 3.64. The van der Waals surface area contributed by atoms with Crippen molar-refractivity contribution in [3.8, 4) is 39.3 Å². The molecule has 7 aromatic rings. The second-order valence-corrected chi connectivity index (χ2v) is 11.1. The number of allylic oxidation sites excluding steroid dienone is 1. The Labute approximate surface area is 251 Å². The first-order chi connectivity index (χ1) is 21.2. The standard InChI is InChI=1S/C41H30N2/c1-3-12-37-38(4-2)43(32-15-6-5-7-16-32)41(42-37)29-22-19-28(20-23-29)35-25-30-14-9-11-18-34(30)40-36(35)26-31-24-21-27-13-8-10-17-33(27)39(31)40/h3-25H,1,26H2,2H3/b37-12+,38-4+. The predicted molar refractivity (Wildman–Crippen MR) is 182 cm³/mol. The third kappa shape index (κ3) is 3.99. The number of imidazole rings is 1. The smallest absolute Gasteiger partial charge is 0.145 e. The van der Waals surface area contributed by atoms with Crippen LogP contribution in [0.5, 0.6) is 0 Å². The molecule has 43 heavy (non-hydrogen) atoms. The van der Waals surface area contributed by atoms with Gasteiger partial charge in [0.25, 0.3) is 0 Å². The quantitative estimate of drug-likeness (QED) is 0.214. The van der Waals surface area contributed by atoms with Gasteiger partial charge < -0.3 is 0 Å². The van der Waals surface area contributed by atoms with Gasteiger partial charge in [0.1, 0.15) is 5.82 Å². The van der Waals surface area contributed by atoms with Crippen LogP contribution in [0.2, 0.25) is 0 Å². The summed E-state index contributed by atoms with van der Waals surface area (Å²) in [6.45, 7) is 5.98. The Kier molecular flexibility index (Phi) is 5.94. The topological polar surface area (TPSA) is 17.8 Å². The summed E-state index contributed by atoms with van der Waals surface area (Å²) >= 11 is 0. The highest BCUT2D eigenvalue weighted by Gasteiger charge is 2.26. The summed E-state index contributed by atoms with van der Waals surface area (Å²) < 4.78 is 2.24. The molecule has 1 aliphatic carbocycles. The number of rotatable bonds is 4. The van der Waals surface area contributed by atoms with E-state index in [0.717, 1.165) is 34.2 Å². The zero-order valence-electron chi connectivity index (χ0n) is 24.1. The third-order valence-corrected chi connectivity index (χ3v) is 8.75. The fraction of sp³-hybridized carbons (Fsp3) is 0.0488. The molecule has 2 heteroatoms. The molecule has 1 heterocycles. The monoisotopic (exact) mass is 550 g/mol. The number of para-hydroxylation sites is 1. The second-order valence-electron chi connectivity index (χ2n) is 11.1. The Bertz CT molecular complexity index is 2320. The maximum Gasteiger partial charge on any atom is 0.145 e. The molecule has 0 unspecified atom stereocenters. The minimum atomic E-state index is 0.915. The van der Waals surface area contributed by atoms with Crippen LogP contribution in [0, 0.1) is 0 Å². The fourth-order valence-corrected chi connectivity index (χ4v) is 6.86. The lowest BCUT2D eigenvalue weighted by molar-refractivity contribution is 1.03. The van der Waals surface area contributed by atoms with Crippen molar-refractivity contribution in [3.63, 3.8) is 0 Å². The maximum atomic E-state index is 5.08. The highest BCUT2D eigenvalue weighted by atomic mass is 15.1. The van der Waals surface area contributed by atoms with Crippen LogP contribution in [0.25, 0.3) is 73.0 Å². The van der Waals surface area contributed by atoms with Gasteiger partial charge in [-0.25, -0.2) is 4.98 Å². The van der Waals surface area contributed by atoms with Crippen molar-refractivity contribution in [3.05, 3.63) is 156 Å². The van der Waals surface area contributed by atoms with Crippen molar-refractivity contribution in [2.45, 2.75) is 13.3 Å². The average molecular weight is 551 g/mol. The van der Waals surface area contributed by atoms with E-state index in [0.29, 0.717) is 0 Å². The van der Waals surface area contributed by atoms with E-state index in [1.807, 2.05) is 12.1 Å². The van der Waals surface area contributed by atoms with Crippen LogP contribution in [0.4, 0.5) is 0 Å². The van der Waals surface area contributed by atoms with Gasteiger partial charge in [0.2, 0.25) is 0 Å². The van der Waals surface area contributed by atoms with Crippen molar-refractivity contribution in [2.24, 2.45) is 0 Å². The van der Waals surface area contributed by atoms with Crippen LogP contribution < -0.4 is 10.7 Å². The SMILES string of the molecule is C=C/C=c1/nc(-c2ccc(-c3cc4ccccc4c4c3Cc3ccc5ccccc5c3-4)cc2)n(-c2ccccc2)/c1=C/C. The first-order valence-corrected chi connectivity index (χ1v) is 14.8. The number of fused-ring (bicyclic) bond motifs is 7. The molecule has 0 atom stereocenters. The summed E-state index contributed by atoms with van der Waals surface area (Å²) in [7, 11) is 0. The van der Waals surface area contributed by atoms with Crippen molar-refractivity contribution in [2.75, 3.05) is 0 Å². The second kappa shape index (κ2) is 10.1. The summed E-state index contributed by atoms with van der Waals surface area (Å²) in [5.41, 5.74) is 10.3. The van der Waals surface area contributed by atoms with Crippen LogP contribution in [-0.4, -0.2) is 9.55 Å². The summed E-state index contributed by atoms with van der Waals surface area (Å²) in [6, 6.07) is 44.0. The lowest BCUT2D eigenvalue weighted by atomic mass is 9.89. The van der Waals surface area contributed by atoms with Crippen LogP contribution in [-0.2, 0) is 6.42 Å². The normalized spacial score (nSPS) is 13.0. The molecule has 0 fully saturated rings. The Hall–Kier alpha value is -5.47. The molecule has 0 bridgehead atoms. The van der Waals surface area contributed by atoms with E-state index in [-0.39, 0.29) is 0 Å². The summed E-state index contributed by atoms with van der Waals surface area (Å²) in [6.07, 6.45) is 6.84. The lowest BCUT2D eigenvalue weighted by Gasteiger charge is -2.15. The Morgan fingerprint density at radius 2 is 1.37 bits per heavy atom. The van der Waals surface area contributed by atoms with Gasteiger partial charge in [0.15, 0.2) is 0 Å². The van der Waals surface area contributed by atoms with Crippen LogP contribution in [0.15, 0.2) is 134 Å². The number of benzene rings is 6. The Balaban J connectivity index is 1.32. The van der Waals surface area contributed by atoms with Crippen molar-refractivity contribution < 1.29 is 0 Å². The zero-order chi connectivity index (χ0) is 28.9. The Morgan fingerprint density at radius 1 is 0.698 bits per heavy atom. The molecule has 0 saturated carbocycles. The zero-order valence-corrected chi connectivity index (χ0v) is 24.1. The summed E-state index contributed by atoms with van der Waals surface area (Å²) in [4.78, 5) is 5.08. The van der Waals surface area contributed by atoms with Crippen LogP contribution in [0.3, 0.4) is 0 Å². The molecule has 204 valence electrons. The summed E-state index contributed by atoms with van der Waals surface area (Å²) in [5.74, 6) is 0.918. The first-order valence-electron chi connectivity index (χ1n) is 14.8. The Morgan fingerprint density at radius 3 is 2.12 bits per heavy atom. The molecule has 0 amide bonds. The molecule has 0 saturated heterocycles. The van der Waals surface area contributed by atoms with E-state index < -0.39 is 0 Å². The van der Waals surface area contributed by atoms with Gasteiger partial charge in [-0.2, -0.15) is 0 Å². The van der Waals surface area contributed by atoms with E-state index in [9.17, 15) is 0 Å². The first kappa shape index (κ1) is 25.3. The van der Waals surface area contributed by atoms with Gasteiger partial charge in [0, 0.05) is 11.3 Å². The maximum absolute atomic E-state index is 5.08. The van der Waals surface area contributed by atoms with E-state index >= 15 is 0 Å². The predicted octanol–water partition coefficient (Wildman–Crippen LogP) is 8.85. The van der Waals surface area contributed by atoms with Gasteiger partial charge in [-0.1, -0.05) is 122 Å². The molecular formula is C41H30N2. The van der Waals surface area contributed by atoms with Crippen molar-refractivity contribution >= 4 is 33.7 Å². The van der Waals surface area contributed by atoms with Gasteiger partial charge in [-0.15, -0.1) is 0 Å². The summed E-state index contributed by atoms with van der Waals surface area (Å²) in [5, 5.41) is 7.19. The van der Waals surface area contributed by atoms with Gasteiger partial charge in [-0.3, -0.25) is 4.57 Å². The third-order valence-electron chi connectivity index (χ3n) is 8.75. The lowest BCUT2D eigenvalue weighted by Crippen LogP contribution is -2.28. The van der Waals surface area contributed by atoms with Gasteiger partial charge in [0.05, 0.1) is 10.7 Å². The number of aromatic nitrogens is 2. The minimum Gasteiger partial charge on any atom is -0.293 e. The highest BCUT2D eigenvalue weighted by molar-refractivity contribution is 6.12. The van der Waals surface area contributed by atoms with E-state index in [4.69, 9.17) is 4.98 Å². The molecule has 1 aliphatic rings. The van der Waals surface area contributed by atoms with E-state index in [1.54, 1.807) is 6.08 Å². The minimum absolute atomic E-state index is 0.915. The van der Waals surface area contributed by atoms with Crippen molar-refractivity contribution in [1.82, 2.24) is 9.55 Å². The molecule has 0 radical (unpaired) electrons. The van der Waals surface area contributed by atoms with E-state index in [2.05, 4.69) is 139 Å². The molecule has 6 aromatic carbocycles. The van der Waals surface area contributed by atoms with Crippen LogP contribution >= 0.6 is 0 Å². The molecule has 0 aliphatic heterocycles. The fourth-order valence-electron chi connectivity index (χ4n) is 6.86. The van der Waals surface area contributed by atoms with E-state index in [1.165, 1.54) is 54.9 Å². The number of nitrogens with zero attached hydrogens (tertiary/aromatic N) is 2. The number of hydrogen-bond acceptors (Lipinski definition) is 1. The molecule has 0 N–H and O–H groups in total. The molecule has 8 rings (SSSR count).